The molecule has 0 rings (SSSR count). The largest absolute Gasteiger partial charge is 0.311 e. The number of likely N-dealkylation sites (N-methyl/N-ethyl adjacent to an activating group) is 2. The molecule has 0 spiro atoms. The molecule has 4 heteroatoms. The van der Waals surface area contributed by atoms with E-state index >= 15 is 0 Å². The fraction of sp³-hybridized carbons (Fsp3) is 0.750. The van der Waals surface area contributed by atoms with Crippen molar-refractivity contribution < 1.29 is 10.0 Å². The summed E-state index contributed by atoms with van der Waals surface area (Å²) in [5.74, 6) is -0.340. The maximum Gasteiger partial charge on any atom is 0.259 e. The maximum atomic E-state index is 10.4. The molecule has 2 N–H and O–H groups in total. The molecule has 8 heavy (non-hydrogen) atoms. The molecule has 0 aliphatic carbocycles. The SMILES string of the molecule is CNCC(=O)N(C)O. The molecule has 0 aromatic heterocycles. The van der Waals surface area contributed by atoms with Gasteiger partial charge in [0.15, 0.2) is 0 Å². The van der Waals surface area contributed by atoms with Crippen LogP contribution in [0.1, 0.15) is 0 Å². The molecule has 0 aliphatic rings. The lowest BCUT2D eigenvalue weighted by molar-refractivity contribution is -0.157. The van der Waals surface area contributed by atoms with Crippen molar-refractivity contribution in [2.45, 2.75) is 0 Å². The van der Waals surface area contributed by atoms with Gasteiger partial charge >= 0.3 is 0 Å². The zero-order valence-corrected chi connectivity index (χ0v) is 5.01. The molecule has 0 bridgehead atoms. The number of rotatable bonds is 2. The van der Waals surface area contributed by atoms with Gasteiger partial charge in [0.1, 0.15) is 0 Å². The fourth-order valence-electron chi connectivity index (χ4n) is 0.266. The summed E-state index contributed by atoms with van der Waals surface area (Å²) in [6.07, 6.45) is 0. The van der Waals surface area contributed by atoms with Crippen molar-refractivity contribution in [2.24, 2.45) is 0 Å². The Labute approximate surface area is 48.1 Å². The first-order valence-electron chi connectivity index (χ1n) is 2.28. The Kier molecular flexibility index (Phi) is 3.14. The van der Waals surface area contributed by atoms with E-state index in [2.05, 4.69) is 5.32 Å². The van der Waals surface area contributed by atoms with E-state index in [1.54, 1.807) is 7.05 Å². The second-order valence-corrected chi connectivity index (χ2v) is 1.45. The summed E-state index contributed by atoms with van der Waals surface area (Å²) >= 11 is 0. The summed E-state index contributed by atoms with van der Waals surface area (Å²) in [5.41, 5.74) is 0. The Morgan fingerprint density at radius 3 is 2.50 bits per heavy atom. The summed E-state index contributed by atoms with van der Waals surface area (Å²) in [6.45, 7) is 0.174. The summed E-state index contributed by atoms with van der Waals surface area (Å²) in [4.78, 5) is 10.4. The van der Waals surface area contributed by atoms with Crippen LogP contribution in [0.3, 0.4) is 0 Å². The molecule has 0 radical (unpaired) electrons. The summed E-state index contributed by atoms with van der Waals surface area (Å²) in [7, 11) is 2.93. The third kappa shape index (κ3) is 2.54. The van der Waals surface area contributed by atoms with Gasteiger partial charge in [-0.2, -0.15) is 0 Å². The van der Waals surface area contributed by atoms with Gasteiger partial charge in [0, 0.05) is 7.05 Å². The lowest BCUT2D eigenvalue weighted by Gasteiger charge is -2.05. The van der Waals surface area contributed by atoms with Gasteiger partial charge in [0.05, 0.1) is 6.54 Å². The summed E-state index contributed by atoms with van der Waals surface area (Å²) < 4.78 is 0. The number of carbonyl (C=O) groups excluding carboxylic acids is 1. The van der Waals surface area contributed by atoms with Gasteiger partial charge in [-0.05, 0) is 7.05 Å². The average Bonchev–Trinajstić information content (AvgIpc) is 1.67. The number of hydrogen-bond acceptors (Lipinski definition) is 3. The standard InChI is InChI=1S/C4H10N2O2/c1-5-3-4(7)6(2)8/h5,8H,3H2,1-2H3. The number of hydroxylamine groups is 2. The molecular formula is C4H10N2O2. The smallest absolute Gasteiger partial charge is 0.259 e. The van der Waals surface area contributed by atoms with Gasteiger partial charge in [-0.15, -0.1) is 0 Å². The van der Waals surface area contributed by atoms with Crippen molar-refractivity contribution >= 4 is 5.91 Å². The van der Waals surface area contributed by atoms with Crippen LogP contribution >= 0.6 is 0 Å². The van der Waals surface area contributed by atoms with Crippen LogP contribution in [0.5, 0.6) is 0 Å². The second-order valence-electron chi connectivity index (χ2n) is 1.45. The van der Waals surface area contributed by atoms with Crippen LogP contribution in [0.2, 0.25) is 0 Å². The predicted octanol–water partition coefficient (Wildman–Crippen LogP) is -0.947. The van der Waals surface area contributed by atoms with Crippen LogP contribution in [-0.2, 0) is 4.79 Å². The van der Waals surface area contributed by atoms with Crippen LogP contribution in [0.15, 0.2) is 0 Å². The highest BCUT2D eigenvalue weighted by Crippen LogP contribution is 1.71. The lowest BCUT2D eigenvalue weighted by Crippen LogP contribution is -2.31. The third-order valence-corrected chi connectivity index (χ3v) is 0.689. The lowest BCUT2D eigenvalue weighted by atomic mass is 10.6. The maximum absolute atomic E-state index is 10.4. The van der Waals surface area contributed by atoms with Gasteiger partial charge in [-0.3, -0.25) is 10.0 Å². The van der Waals surface area contributed by atoms with E-state index in [-0.39, 0.29) is 12.5 Å². The van der Waals surface area contributed by atoms with Crippen molar-refractivity contribution in [3.8, 4) is 0 Å². The minimum atomic E-state index is -0.340. The van der Waals surface area contributed by atoms with E-state index < -0.39 is 0 Å². The van der Waals surface area contributed by atoms with Crippen molar-refractivity contribution in [1.29, 1.82) is 0 Å². The molecule has 0 aliphatic heterocycles. The molecule has 48 valence electrons. The van der Waals surface area contributed by atoms with Gasteiger partial charge in [-0.1, -0.05) is 0 Å². The van der Waals surface area contributed by atoms with Crippen molar-refractivity contribution in [3.05, 3.63) is 0 Å². The summed E-state index contributed by atoms with van der Waals surface area (Å²) in [5, 5.41) is 11.5. The number of carbonyl (C=O) groups is 1. The van der Waals surface area contributed by atoms with Crippen molar-refractivity contribution in [2.75, 3.05) is 20.6 Å². The minimum Gasteiger partial charge on any atom is -0.311 e. The van der Waals surface area contributed by atoms with Crippen LogP contribution < -0.4 is 5.32 Å². The van der Waals surface area contributed by atoms with E-state index in [1.165, 1.54) is 7.05 Å². The molecule has 0 saturated heterocycles. The highest BCUT2D eigenvalue weighted by molar-refractivity contribution is 5.76. The Balaban J connectivity index is 3.33. The number of nitrogens with one attached hydrogen (secondary N) is 1. The molecule has 4 nitrogen and oxygen atoms in total. The molecule has 1 amide bonds. The molecule has 0 atom stereocenters. The van der Waals surface area contributed by atoms with Crippen LogP contribution in [0.4, 0.5) is 0 Å². The molecule has 0 saturated carbocycles. The first-order chi connectivity index (χ1) is 3.68. The van der Waals surface area contributed by atoms with E-state index in [4.69, 9.17) is 5.21 Å². The highest BCUT2D eigenvalue weighted by Gasteiger charge is 2.00. The van der Waals surface area contributed by atoms with Crippen molar-refractivity contribution in [1.82, 2.24) is 10.4 Å². The van der Waals surface area contributed by atoms with Crippen LogP contribution in [0.25, 0.3) is 0 Å². The molecule has 0 aromatic rings. The van der Waals surface area contributed by atoms with Gasteiger partial charge in [0.25, 0.3) is 5.91 Å². The Morgan fingerprint density at radius 2 is 2.38 bits per heavy atom. The normalized spacial score (nSPS) is 8.88. The molecule has 0 aromatic carbocycles. The number of nitrogens with zero attached hydrogens (tertiary/aromatic N) is 1. The molecule has 0 heterocycles. The number of hydrogen-bond donors (Lipinski definition) is 2. The van der Waals surface area contributed by atoms with Gasteiger partial charge in [-0.25, -0.2) is 5.06 Å². The Hall–Kier alpha value is -0.610. The van der Waals surface area contributed by atoms with Crippen LogP contribution in [-0.4, -0.2) is 36.8 Å². The number of amides is 1. The topological polar surface area (TPSA) is 52.6 Å². The average molecular weight is 118 g/mol. The fourth-order valence-corrected chi connectivity index (χ4v) is 0.266. The van der Waals surface area contributed by atoms with E-state index in [0.29, 0.717) is 5.06 Å². The Morgan fingerprint density at radius 1 is 1.88 bits per heavy atom. The highest BCUT2D eigenvalue weighted by atomic mass is 16.5. The zero-order chi connectivity index (χ0) is 6.57. The molecule has 0 unspecified atom stereocenters. The Bertz CT molecular complexity index is 82.1. The third-order valence-electron chi connectivity index (χ3n) is 0.689. The zero-order valence-electron chi connectivity index (χ0n) is 5.01. The monoisotopic (exact) mass is 118 g/mol. The van der Waals surface area contributed by atoms with Crippen LogP contribution in [0, 0.1) is 0 Å². The molecular weight excluding hydrogens is 108 g/mol. The molecule has 0 fully saturated rings. The minimum absolute atomic E-state index is 0.174. The van der Waals surface area contributed by atoms with Gasteiger partial charge in [0.2, 0.25) is 0 Å². The second kappa shape index (κ2) is 3.40. The predicted molar refractivity (Wildman–Crippen MR) is 28.5 cm³/mol. The van der Waals surface area contributed by atoms with Gasteiger partial charge < -0.3 is 5.32 Å². The van der Waals surface area contributed by atoms with E-state index in [9.17, 15) is 4.79 Å². The first-order valence-corrected chi connectivity index (χ1v) is 2.28. The van der Waals surface area contributed by atoms with E-state index in [0.717, 1.165) is 0 Å². The van der Waals surface area contributed by atoms with E-state index in [1.807, 2.05) is 0 Å². The quantitative estimate of drug-likeness (QED) is 0.363. The first kappa shape index (κ1) is 7.39. The summed E-state index contributed by atoms with van der Waals surface area (Å²) in [6, 6.07) is 0. The van der Waals surface area contributed by atoms with Crippen molar-refractivity contribution in [3.63, 3.8) is 0 Å².